The number of nitrogens with zero attached hydrogens (tertiary/aromatic N) is 1. The number of halogens is 1. The normalized spacial score (nSPS) is 23.8. The summed E-state index contributed by atoms with van der Waals surface area (Å²) in [6, 6.07) is 5.17. The average Bonchev–Trinajstić information content (AvgIpc) is 2.45. The van der Waals surface area contributed by atoms with Gasteiger partial charge in [-0.15, -0.1) is 0 Å². The maximum atomic E-state index is 13.9. The van der Waals surface area contributed by atoms with E-state index in [2.05, 4.69) is 4.90 Å². The molecule has 4 nitrogen and oxygen atoms in total. The minimum atomic E-state index is -0.338. The standard InChI is InChI=1S/C15H23FN2O2/c1-19-9-8-18-7-3-4-13(17)15(18)11-5-6-14(20-2)12(16)10-11/h5-6,10,13,15H,3-4,7-9,17H2,1-2H3. The van der Waals surface area contributed by atoms with Gasteiger partial charge in [-0.3, -0.25) is 4.90 Å². The van der Waals surface area contributed by atoms with Crippen molar-refractivity contribution >= 4 is 0 Å². The second kappa shape index (κ2) is 7.02. The van der Waals surface area contributed by atoms with Crippen molar-refractivity contribution in [2.75, 3.05) is 33.9 Å². The van der Waals surface area contributed by atoms with Crippen molar-refractivity contribution in [1.29, 1.82) is 0 Å². The van der Waals surface area contributed by atoms with Crippen LogP contribution < -0.4 is 10.5 Å². The number of hydrogen-bond donors (Lipinski definition) is 1. The Hall–Kier alpha value is -1.17. The first-order chi connectivity index (χ1) is 9.67. The fourth-order valence-corrected chi connectivity index (χ4v) is 2.88. The molecule has 1 saturated heterocycles. The van der Waals surface area contributed by atoms with E-state index in [1.165, 1.54) is 13.2 Å². The topological polar surface area (TPSA) is 47.7 Å². The number of methoxy groups -OCH3 is 2. The lowest BCUT2D eigenvalue weighted by Crippen LogP contribution is -2.46. The molecule has 5 heteroatoms. The van der Waals surface area contributed by atoms with Gasteiger partial charge in [-0.05, 0) is 37.1 Å². The molecule has 112 valence electrons. The van der Waals surface area contributed by atoms with Crippen LogP contribution in [0, 0.1) is 5.82 Å². The van der Waals surface area contributed by atoms with Crippen LogP contribution in [-0.4, -0.2) is 44.9 Å². The number of benzene rings is 1. The van der Waals surface area contributed by atoms with Gasteiger partial charge in [0, 0.05) is 19.7 Å². The summed E-state index contributed by atoms with van der Waals surface area (Å²) in [5.74, 6) is -0.0731. The second-order valence-corrected chi connectivity index (χ2v) is 5.17. The zero-order valence-electron chi connectivity index (χ0n) is 12.1. The quantitative estimate of drug-likeness (QED) is 0.896. The SMILES string of the molecule is COCCN1CCCC(N)C1c1ccc(OC)c(F)c1. The number of rotatable bonds is 5. The van der Waals surface area contributed by atoms with Crippen molar-refractivity contribution in [1.82, 2.24) is 4.90 Å². The third-order valence-electron chi connectivity index (χ3n) is 3.88. The van der Waals surface area contributed by atoms with Crippen LogP contribution in [0.5, 0.6) is 5.75 Å². The van der Waals surface area contributed by atoms with Crippen molar-refractivity contribution in [3.8, 4) is 5.75 Å². The molecule has 1 aromatic rings. The predicted octanol–water partition coefficient (Wildman–Crippen LogP) is 1.94. The molecule has 0 spiro atoms. The lowest BCUT2D eigenvalue weighted by Gasteiger charge is -2.40. The number of piperidine rings is 1. The van der Waals surface area contributed by atoms with Crippen LogP contribution in [0.25, 0.3) is 0 Å². The van der Waals surface area contributed by atoms with Crippen molar-refractivity contribution in [2.45, 2.75) is 24.9 Å². The molecule has 1 fully saturated rings. The highest BCUT2D eigenvalue weighted by Gasteiger charge is 2.30. The molecule has 0 amide bonds. The maximum Gasteiger partial charge on any atom is 0.165 e. The van der Waals surface area contributed by atoms with Crippen LogP contribution >= 0.6 is 0 Å². The molecule has 0 aromatic heterocycles. The van der Waals surface area contributed by atoms with Gasteiger partial charge >= 0.3 is 0 Å². The van der Waals surface area contributed by atoms with Gasteiger partial charge in [0.2, 0.25) is 0 Å². The van der Waals surface area contributed by atoms with E-state index >= 15 is 0 Å². The third-order valence-corrected chi connectivity index (χ3v) is 3.88. The summed E-state index contributed by atoms with van der Waals surface area (Å²) < 4.78 is 24.0. The Kier molecular flexibility index (Phi) is 5.34. The van der Waals surface area contributed by atoms with E-state index in [4.69, 9.17) is 15.2 Å². The van der Waals surface area contributed by atoms with E-state index in [1.807, 2.05) is 6.07 Å². The maximum absolute atomic E-state index is 13.9. The molecule has 2 atom stereocenters. The predicted molar refractivity (Wildman–Crippen MR) is 76.4 cm³/mol. The smallest absolute Gasteiger partial charge is 0.165 e. The highest BCUT2D eigenvalue weighted by Crippen LogP contribution is 2.32. The first-order valence-electron chi connectivity index (χ1n) is 6.99. The molecular formula is C15H23FN2O2. The summed E-state index contributed by atoms with van der Waals surface area (Å²) in [7, 11) is 3.15. The van der Waals surface area contributed by atoms with Crippen LogP contribution in [-0.2, 0) is 4.74 Å². The second-order valence-electron chi connectivity index (χ2n) is 5.17. The Bertz CT molecular complexity index is 442. The molecule has 2 rings (SSSR count). The van der Waals surface area contributed by atoms with Gasteiger partial charge in [0.05, 0.1) is 19.8 Å². The molecule has 1 aliphatic rings. The van der Waals surface area contributed by atoms with Crippen LogP contribution in [0.4, 0.5) is 4.39 Å². The minimum Gasteiger partial charge on any atom is -0.494 e. The Labute approximate surface area is 119 Å². The van der Waals surface area contributed by atoms with Gasteiger partial charge in [0.15, 0.2) is 11.6 Å². The first-order valence-corrected chi connectivity index (χ1v) is 6.99. The van der Waals surface area contributed by atoms with Gasteiger partial charge in [-0.25, -0.2) is 4.39 Å². The van der Waals surface area contributed by atoms with Gasteiger partial charge in [-0.2, -0.15) is 0 Å². The molecule has 0 bridgehead atoms. The third kappa shape index (κ3) is 3.29. The fourth-order valence-electron chi connectivity index (χ4n) is 2.88. The molecule has 2 unspecified atom stereocenters. The fraction of sp³-hybridized carbons (Fsp3) is 0.600. The summed E-state index contributed by atoms with van der Waals surface area (Å²) in [6.07, 6.45) is 2.03. The summed E-state index contributed by atoms with van der Waals surface area (Å²) in [5, 5.41) is 0. The molecule has 20 heavy (non-hydrogen) atoms. The highest BCUT2D eigenvalue weighted by molar-refractivity contribution is 5.32. The zero-order valence-corrected chi connectivity index (χ0v) is 12.1. The van der Waals surface area contributed by atoms with Gasteiger partial charge < -0.3 is 15.2 Å². The van der Waals surface area contributed by atoms with Crippen molar-refractivity contribution in [2.24, 2.45) is 5.73 Å². The Balaban J connectivity index is 2.22. The number of likely N-dealkylation sites (tertiary alicyclic amines) is 1. The molecule has 1 aliphatic heterocycles. The lowest BCUT2D eigenvalue weighted by atomic mass is 9.91. The minimum absolute atomic E-state index is 0.0217. The van der Waals surface area contributed by atoms with Crippen molar-refractivity contribution < 1.29 is 13.9 Å². The Morgan fingerprint density at radius 3 is 2.85 bits per heavy atom. The number of nitrogens with two attached hydrogens (primary N) is 1. The van der Waals surface area contributed by atoms with E-state index in [1.54, 1.807) is 13.2 Å². The molecule has 1 heterocycles. The van der Waals surface area contributed by atoms with Gasteiger partial charge in [-0.1, -0.05) is 6.07 Å². The van der Waals surface area contributed by atoms with Crippen molar-refractivity contribution in [3.63, 3.8) is 0 Å². The molecular weight excluding hydrogens is 259 g/mol. The summed E-state index contributed by atoms with van der Waals surface area (Å²) in [5.41, 5.74) is 7.17. The van der Waals surface area contributed by atoms with E-state index in [-0.39, 0.29) is 23.7 Å². The summed E-state index contributed by atoms with van der Waals surface area (Å²) >= 11 is 0. The molecule has 0 saturated carbocycles. The van der Waals surface area contributed by atoms with Crippen LogP contribution in [0.2, 0.25) is 0 Å². The van der Waals surface area contributed by atoms with Crippen molar-refractivity contribution in [3.05, 3.63) is 29.6 Å². The van der Waals surface area contributed by atoms with Crippen LogP contribution in [0.1, 0.15) is 24.4 Å². The molecule has 1 aromatic carbocycles. The van der Waals surface area contributed by atoms with Gasteiger partial charge in [0.25, 0.3) is 0 Å². The molecule has 0 aliphatic carbocycles. The lowest BCUT2D eigenvalue weighted by molar-refractivity contribution is 0.0846. The van der Waals surface area contributed by atoms with E-state index < -0.39 is 0 Å². The molecule has 0 radical (unpaired) electrons. The van der Waals surface area contributed by atoms with E-state index in [9.17, 15) is 4.39 Å². The molecule has 2 N–H and O–H groups in total. The monoisotopic (exact) mass is 282 g/mol. The first kappa shape index (κ1) is 15.2. The largest absolute Gasteiger partial charge is 0.494 e. The summed E-state index contributed by atoms with van der Waals surface area (Å²) in [6.45, 7) is 2.43. The van der Waals surface area contributed by atoms with E-state index in [0.717, 1.165) is 31.5 Å². The number of ether oxygens (including phenoxy) is 2. The number of hydrogen-bond acceptors (Lipinski definition) is 4. The Morgan fingerprint density at radius 2 is 2.20 bits per heavy atom. The highest BCUT2D eigenvalue weighted by atomic mass is 19.1. The van der Waals surface area contributed by atoms with Crippen LogP contribution in [0.3, 0.4) is 0 Å². The Morgan fingerprint density at radius 1 is 1.40 bits per heavy atom. The summed E-state index contributed by atoms with van der Waals surface area (Å²) in [4.78, 5) is 2.28. The average molecular weight is 282 g/mol. The van der Waals surface area contributed by atoms with Crippen LogP contribution in [0.15, 0.2) is 18.2 Å². The zero-order chi connectivity index (χ0) is 14.5. The van der Waals surface area contributed by atoms with E-state index in [0.29, 0.717) is 6.61 Å². The van der Waals surface area contributed by atoms with Gasteiger partial charge in [0.1, 0.15) is 0 Å².